The third kappa shape index (κ3) is 4.05. The average Bonchev–Trinajstić information content (AvgIpc) is 2.42. The van der Waals surface area contributed by atoms with Gasteiger partial charge in [-0.2, -0.15) is 0 Å². The molecule has 0 aromatic heterocycles. The van der Waals surface area contributed by atoms with Crippen LogP contribution in [0.3, 0.4) is 0 Å². The van der Waals surface area contributed by atoms with E-state index in [0.29, 0.717) is 6.04 Å². The number of morpholine rings is 1. The number of hydrogen-bond acceptors (Lipinski definition) is 3. The first kappa shape index (κ1) is 15.5. The van der Waals surface area contributed by atoms with Gasteiger partial charge in [0.15, 0.2) is 0 Å². The van der Waals surface area contributed by atoms with E-state index >= 15 is 0 Å². The van der Waals surface area contributed by atoms with Gasteiger partial charge in [-0.25, -0.2) is 0 Å². The quantitative estimate of drug-likeness (QED) is 0.894. The molecule has 0 radical (unpaired) electrons. The van der Waals surface area contributed by atoms with Gasteiger partial charge in [0, 0.05) is 32.2 Å². The third-order valence-corrected chi connectivity index (χ3v) is 4.25. The fourth-order valence-corrected chi connectivity index (χ4v) is 3.04. The molecule has 0 amide bonds. The average molecular weight is 276 g/mol. The van der Waals surface area contributed by atoms with E-state index in [-0.39, 0.29) is 0 Å². The summed E-state index contributed by atoms with van der Waals surface area (Å²) in [4.78, 5) is 2.51. The largest absolute Gasteiger partial charge is 0.379 e. The van der Waals surface area contributed by atoms with Crippen LogP contribution in [0.5, 0.6) is 0 Å². The number of nitrogens with one attached hydrogen (secondary N) is 1. The van der Waals surface area contributed by atoms with Gasteiger partial charge in [-0.05, 0) is 44.4 Å². The Labute approximate surface area is 123 Å². The molecule has 1 aromatic rings. The van der Waals surface area contributed by atoms with Gasteiger partial charge in [-0.1, -0.05) is 17.7 Å². The SMILES string of the molecule is Cc1cc(C)c(CNCC(C)N2CCOCC2)c(C)c1. The van der Waals surface area contributed by atoms with Gasteiger partial charge in [0.25, 0.3) is 0 Å². The van der Waals surface area contributed by atoms with Gasteiger partial charge in [0.1, 0.15) is 0 Å². The van der Waals surface area contributed by atoms with E-state index in [2.05, 4.69) is 50.0 Å². The first-order valence-electron chi connectivity index (χ1n) is 7.67. The van der Waals surface area contributed by atoms with E-state index in [1.165, 1.54) is 22.3 Å². The van der Waals surface area contributed by atoms with Gasteiger partial charge in [-0.15, -0.1) is 0 Å². The second-order valence-corrected chi connectivity index (χ2v) is 6.01. The Kier molecular flexibility index (Phi) is 5.58. The van der Waals surface area contributed by atoms with Crippen LogP contribution >= 0.6 is 0 Å². The fourth-order valence-electron chi connectivity index (χ4n) is 3.04. The normalized spacial score (nSPS) is 18.2. The first-order chi connectivity index (χ1) is 9.58. The molecule has 1 fully saturated rings. The molecule has 1 heterocycles. The van der Waals surface area contributed by atoms with Crippen molar-refractivity contribution in [3.05, 3.63) is 34.4 Å². The van der Waals surface area contributed by atoms with Gasteiger partial charge in [-0.3, -0.25) is 4.90 Å². The molecule has 1 unspecified atom stereocenters. The Hall–Kier alpha value is -0.900. The zero-order valence-corrected chi connectivity index (χ0v) is 13.3. The Morgan fingerprint density at radius 2 is 1.75 bits per heavy atom. The van der Waals surface area contributed by atoms with Crippen molar-refractivity contribution < 1.29 is 4.74 Å². The molecule has 2 rings (SSSR count). The van der Waals surface area contributed by atoms with Crippen LogP contribution in [0.2, 0.25) is 0 Å². The summed E-state index contributed by atoms with van der Waals surface area (Å²) in [6.07, 6.45) is 0. The highest BCUT2D eigenvalue weighted by Gasteiger charge is 2.16. The smallest absolute Gasteiger partial charge is 0.0594 e. The van der Waals surface area contributed by atoms with E-state index in [1.807, 2.05) is 0 Å². The van der Waals surface area contributed by atoms with Gasteiger partial charge >= 0.3 is 0 Å². The highest BCUT2D eigenvalue weighted by molar-refractivity contribution is 5.37. The lowest BCUT2D eigenvalue weighted by atomic mass is 10.00. The molecule has 0 spiro atoms. The van der Waals surface area contributed by atoms with Crippen molar-refractivity contribution in [2.24, 2.45) is 0 Å². The van der Waals surface area contributed by atoms with Gasteiger partial charge < -0.3 is 10.1 Å². The van der Waals surface area contributed by atoms with Crippen LogP contribution in [-0.2, 0) is 11.3 Å². The van der Waals surface area contributed by atoms with Crippen molar-refractivity contribution in [2.75, 3.05) is 32.8 Å². The summed E-state index contributed by atoms with van der Waals surface area (Å²) in [6.45, 7) is 14.8. The molecule has 112 valence electrons. The second-order valence-electron chi connectivity index (χ2n) is 6.01. The maximum Gasteiger partial charge on any atom is 0.0594 e. The minimum Gasteiger partial charge on any atom is -0.379 e. The fraction of sp³-hybridized carbons (Fsp3) is 0.647. The molecule has 3 nitrogen and oxygen atoms in total. The topological polar surface area (TPSA) is 24.5 Å². The summed E-state index contributed by atoms with van der Waals surface area (Å²) in [6, 6.07) is 5.12. The van der Waals surface area contributed by atoms with Crippen molar-refractivity contribution in [3.8, 4) is 0 Å². The van der Waals surface area contributed by atoms with Crippen LogP contribution in [0.15, 0.2) is 12.1 Å². The van der Waals surface area contributed by atoms with Crippen LogP contribution in [0, 0.1) is 20.8 Å². The molecule has 1 atom stereocenters. The zero-order chi connectivity index (χ0) is 14.5. The van der Waals surface area contributed by atoms with E-state index in [9.17, 15) is 0 Å². The molecule has 0 saturated carbocycles. The number of benzene rings is 1. The lowest BCUT2D eigenvalue weighted by molar-refractivity contribution is 0.0203. The zero-order valence-electron chi connectivity index (χ0n) is 13.3. The summed E-state index contributed by atoms with van der Waals surface area (Å²) in [5.74, 6) is 0. The number of ether oxygens (including phenoxy) is 1. The minimum atomic E-state index is 0.574. The maximum absolute atomic E-state index is 5.40. The minimum absolute atomic E-state index is 0.574. The van der Waals surface area contributed by atoms with Crippen molar-refractivity contribution in [2.45, 2.75) is 40.3 Å². The molecule has 1 aromatic carbocycles. The molecule has 1 saturated heterocycles. The van der Waals surface area contributed by atoms with Crippen LogP contribution < -0.4 is 5.32 Å². The standard InChI is InChI=1S/C17H28N2O/c1-13-9-14(2)17(15(3)10-13)12-18-11-16(4)19-5-7-20-8-6-19/h9-10,16,18H,5-8,11-12H2,1-4H3. The van der Waals surface area contributed by atoms with Crippen LogP contribution in [0.1, 0.15) is 29.2 Å². The molecule has 0 aliphatic carbocycles. The maximum atomic E-state index is 5.40. The van der Waals surface area contributed by atoms with Crippen LogP contribution in [0.4, 0.5) is 0 Å². The molecule has 1 aliphatic rings. The number of aryl methyl sites for hydroxylation is 3. The van der Waals surface area contributed by atoms with E-state index < -0.39 is 0 Å². The van der Waals surface area contributed by atoms with E-state index in [0.717, 1.165) is 39.4 Å². The van der Waals surface area contributed by atoms with Crippen molar-refractivity contribution in [1.29, 1.82) is 0 Å². The summed E-state index contributed by atoms with van der Waals surface area (Å²) >= 11 is 0. The number of nitrogens with zero attached hydrogens (tertiary/aromatic N) is 1. The lowest BCUT2D eigenvalue weighted by Gasteiger charge is -2.32. The molecule has 1 aliphatic heterocycles. The molecule has 3 heteroatoms. The second kappa shape index (κ2) is 7.21. The monoisotopic (exact) mass is 276 g/mol. The molecular weight excluding hydrogens is 248 g/mol. The van der Waals surface area contributed by atoms with Crippen molar-refractivity contribution in [3.63, 3.8) is 0 Å². The van der Waals surface area contributed by atoms with E-state index in [4.69, 9.17) is 4.74 Å². The molecule has 0 bridgehead atoms. The Morgan fingerprint density at radius 3 is 2.35 bits per heavy atom. The predicted octanol–water partition coefficient (Wildman–Crippen LogP) is 2.42. The van der Waals surface area contributed by atoms with Crippen LogP contribution in [0.25, 0.3) is 0 Å². The van der Waals surface area contributed by atoms with Crippen molar-refractivity contribution in [1.82, 2.24) is 10.2 Å². The Bertz CT molecular complexity index is 416. The first-order valence-corrected chi connectivity index (χ1v) is 7.67. The molecule has 20 heavy (non-hydrogen) atoms. The van der Waals surface area contributed by atoms with Crippen molar-refractivity contribution >= 4 is 0 Å². The number of rotatable bonds is 5. The molecular formula is C17H28N2O. The predicted molar refractivity (Wildman–Crippen MR) is 84.2 cm³/mol. The highest BCUT2D eigenvalue weighted by atomic mass is 16.5. The number of hydrogen-bond donors (Lipinski definition) is 1. The van der Waals surface area contributed by atoms with Gasteiger partial charge in [0.2, 0.25) is 0 Å². The van der Waals surface area contributed by atoms with Crippen LogP contribution in [-0.4, -0.2) is 43.8 Å². The molecule has 1 N–H and O–H groups in total. The highest BCUT2D eigenvalue weighted by Crippen LogP contribution is 2.16. The third-order valence-electron chi connectivity index (χ3n) is 4.25. The Balaban J connectivity index is 1.83. The van der Waals surface area contributed by atoms with E-state index in [1.54, 1.807) is 0 Å². The summed E-state index contributed by atoms with van der Waals surface area (Å²) in [5.41, 5.74) is 5.60. The van der Waals surface area contributed by atoms with Gasteiger partial charge in [0.05, 0.1) is 13.2 Å². The summed E-state index contributed by atoms with van der Waals surface area (Å²) in [7, 11) is 0. The Morgan fingerprint density at radius 1 is 1.15 bits per heavy atom. The summed E-state index contributed by atoms with van der Waals surface area (Å²) < 4.78 is 5.40. The summed E-state index contributed by atoms with van der Waals surface area (Å²) in [5, 5.41) is 3.62. The lowest BCUT2D eigenvalue weighted by Crippen LogP contribution is -2.46.